The second-order valence-corrected chi connectivity index (χ2v) is 18.4. The fourth-order valence-corrected chi connectivity index (χ4v) is 7.85. The Labute approximate surface area is 262 Å². The highest BCUT2D eigenvalue weighted by molar-refractivity contribution is 7.40. The van der Waals surface area contributed by atoms with E-state index in [1.54, 1.807) is 0 Å². The van der Waals surface area contributed by atoms with Gasteiger partial charge in [0.2, 0.25) is 0 Å². The monoisotopic (exact) mass is 602 g/mol. The van der Waals surface area contributed by atoms with Crippen molar-refractivity contribution < 1.29 is 13.9 Å². The van der Waals surface area contributed by atoms with Gasteiger partial charge in [0.25, 0.3) is 0 Å². The molecule has 2 atom stereocenters. The third kappa shape index (κ3) is 8.15. The third-order valence-electron chi connectivity index (χ3n) is 10.3. The summed E-state index contributed by atoms with van der Waals surface area (Å²) in [6.07, 6.45) is 13.9. The molecule has 0 amide bonds. The maximum absolute atomic E-state index is 11.5. The molecule has 3 nitrogen and oxygen atoms in total. The molecule has 2 unspecified atom stereocenters. The van der Waals surface area contributed by atoms with E-state index in [0.717, 1.165) is 48.3 Å². The zero-order chi connectivity index (χ0) is 32.5. The van der Waals surface area contributed by atoms with E-state index in [-0.39, 0.29) is 32.5 Å². The first-order valence-corrected chi connectivity index (χ1v) is 17.8. The molecule has 2 aliphatic carbocycles. The van der Waals surface area contributed by atoms with Gasteiger partial charge in [-0.2, -0.15) is 0 Å². The Kier molecular flexibility index (Phi) is 11.6. The summed E-state index contributed by atoms with van der Waals surface area (Å²) in [5.41, 5.74) is 4.96. The molecule has 0 aromatic heterocycles. The maximum Gasteiger partial charge on any atom is 0.460 e. The molecule has 0 heterocycles. The summed E-state index contributed by atoms with van der Waals surface area (Å²) in [6.45, 7) is 36.7. The predicted octanol–water partition coefficient (Wildman–Crippen LogP) is 13.0. The summed E-state index contributed by atoms with van der Waals surface area (Å²) >= 11 is 0. The second kappa shape index (κ2) is 13.1. The van der Waals surface area contributed by atoms with E-state index < -0.39 is 8.60 Å². The van der Waals surface area contributed by atoms with Crippen molar-refractivity contribution in [3.05, 3.63) is 46.0 Å². The van der Waals surface area contributed by atoms with Crippen LogP contribution < -0.4 is 0 Å². The van der Waals surface area contributed by atoms with Crippen LogP contribution in [0.1, 0.15) is 162 Å². The van der Waals surface area contributed by atoms with Crippen LogP contribution in [0.5, 0.6) is 0 Å². The average Bonchev–Trinajstić information content (AvgIpc) is 2.81. The van der Waals surface area contributed by atoms with Crippen LogP contribution in [-0.4, -0.2) is 4.89 Å². The van der Waals surface area contributed by atoms with E-state index in [0.29, 0.717) is 0 Å². The summed E-state index contributed by atoms with van der Waals surface area (Å²) in [7, 11) is -2.16. The van der Waals surface area contributed by atoms with Crippen molar-refractivity contribution in [3.8, 4) is 0 Å². The van der Waals surface area contributed by atoms with E-state index in [9.17, 15) is 4.89 Å². The largest absolute Gasteiger partial charge is 0.460 e. The minimum absolute atomic E-state index is 0.0566. The van der Waals surface area contributed by atoms with Gasteiger partial charge >= 0.3 is 8.60 Å². The molecule has 42 heavy (non-hydrogen) atoms. The van der Waals surface area contributed by atoms with Crippen molar-refractivity contribution in [1.29, 1.82) is 0 Å². The van der Waals surface area contributed by atoms with E-state index in [1.807, 2.05) is 0 Å². The lowest BCUT2D eigenvalue weighted by Crippen LogP contribution is -2.39. The predicted molar refractivity (Wildman–Crippen MR) is 184 cm³/mol. The molecule has 242 valence electrons. The zero-order valence-electron chi connectivity index (χ0n) is 30.5. The van der Waals surface area contributed by atoms with Gasteiger partial charge in [0, 0.05) is 0 Å². The number of unbranched alkanes of at least 4 members (excludes halogenated alkanes) is 2. The Bertz CT molecular complexity index is 991. The third-order valence-corrected chi connectivity index (χ3v) is 11.0. The van der Waals surface area contributed by atoms with Crippen molar-refractivity contribution in [2.45, 2.75) is 162 Å². The van der Waals surface area contributed by atoms with Crippen LogP contribution in [0.25, 0.3) is 0 Å². The molecule has 0 aliphatic heterocycles. The van der Waals surface area contributed by atoms with Crippen LogP contribution in [0.15, 0.2) is 46.0 Å². The van der Waals surface area contributed by atoms with Gasteiger partial charge in [-0.3, -0.25) is 0 Å². The summed E-state index contributed by atoms with van der Waals surface area (Å²) < 4.78 is 13.0. The lowest BCUT2D eigenvalue weighted by molar-refractivity contribution is 0.111. The molecule has 0 saturated heterocycles. The summed E-state index contributed by atoms with van der Waals surface area (Å²) in [6, 6.07) is 0. The quantitative estimate of drug-likeness (QED) is 0.253. The normalized spacial score (nSPS) is 25.4. The van der Waals surface area contributed by atoms with Crippen molar-refractivity contribution in [3.63, 3.8) is 0 Å². The Balaban J connectivity index is 2.54. The molecule has 0 radical (unpaired) electrons. The number of hydrogen-bond donors (Lipinski definition) is 1. The van der Waals surface area contributed by atoms with E-state index in [2.05, 4.69) is 123 Å². The van der Waals surface area contributed by atoms with Crippen molar-refractivity contribution in [2.75, 3.05) is 0 Å². The molecule has 0 bridgehead atoms. The highest BCUT2D eigenvalue weighted by atomic mass is 31.2. The lowest BCUT2D eigenvalue weighted by Gasteiger charge is -2.49. The van der Waals surface area contributed by atoms with Crippen LogP contribution in [0.2, 0.25) is 0 Å². The molecule has 2 aliphatic rings. The smallest absolute Gasteiger partial charge is 0.418 e. The van der Waals surface area contributed by atoms with Gasteiger partial charge in [0.05, 0.1) is 0 Å². The molecule has 0 aromatic rings. The summed E-state index contributed by atoms with van der Waals surface area (Å²) in [5, 5.41) is 0. The first kappa shape index (κ1) is 37.1. The maximum atomic E-state index is 11.5. The number of allylic oxidation sites excluding steroid dienone is 6. The molecular formula is C38H67O3P. The Morgan fingerprint density at radius 2 is 0.952 bits per heavy atom. The zero-order valence-corrected chi connectivity index (χ0v) is 31.4. The Hall–Kier alpha value is -1.05. The molecule has 0 aromatic carbocycles. The van der Waals surface area contributed by atoms with E-state index >= 15 is 0 Å². The molecule has 0 spiro atoms. The fraction of sp³-hybridized carbons (Fsp3) is 0.789. The van der Waals surface area contributed by atoms with Crippen LogP contribution in [0, 0.1) is 32.5 Å². The van der Waals surface area contributed by atoms with Gasteiger partial charge in [-0.1, -0.05) is 135 Å². The lowest BCUT2D eigenvalue weighted by atomic mass is 9.56. The van der Waals surface area contributed by atoms with Gasteiger partial charge in [0.1, 0.15) is 11.5 Å². The van der Waals surface area contributed by atoms with Gasteiger partial charge < -0.3 is 13.9 Å². The summed E-state index contributed by atoms with van der Waals surface area (Å²) in [5.74, 6) is 1.66. The summed E-state index contributed by atoms with van der Waals surface area (Å²) in [4.78, 5) is 11.5. The van der Waals surface area contributed by atoms with Crippen LogP contribution >= 0.6 is 8.60 Å². The SMILES string of the molecule is CCCCC1(C(C)(C)C)C=C(C)C(OP(O)OC2=C(C(C)(C)C)CC(CCCC)(C(C)(C)C)C=C2C)=C(C(C)(C)C)C1. The van der Waals surface area contributed by atoms with Gasteiger partial charge in [-0.15, -0.1) is 0 Å². The number of hydrogen-bond acceptors (Lipinski definition) is 3. The van der Waals surface area contributed by atoms with Crippen molar-refractivity contribution >= 4 is 8.60 Å². The van der Waals surface area contributed by atoms with E-state index in [1.165, 1.54) is 36.8 Å². The standard InChI is InChI=1S/C38H67O3P/c1-17-19-21-37(35(11,12)13)23-27(3)31(29(25-37)33(5,6)7)40-42(39)41-32-28(4)24-38(22-20-18-2,36(14,15)16)26-30(32)34(8,9)10/h23-24,39H,17-22,25-26H2,1-16H3. The van der Waals surface area contributed by atoms with Gasteiger partial charge in [-0.25, -0.2) is 0 Å². The highest BCUT2D eigenvalue weighted by Crippen LogP contribution is 2.59. The minimum Gasteiger partial charge on any atom is -0.418 e. The fourth-order valence-electron chi connectivity index (χ4n) is 6.99. The molecule has 4 heteroatoms. The number of rotatable bonds is 10. The Morgan fingerprint density at radius 1 is 0.643 bits per heavy atom. The van der Waals surface area contributed by atoms with Crippen molar-refractivity contribution in [2.24, 2.45) is 32.5 Å². The topological polar surface area (TPSA) is 38.7 Å². The molecule has 1 N–H and O–H groups in total. The molecular weight excluding hydrogens is 535 g/mol. The second-order valence-electron chi connectivity index (χ2n) is 17.6. The molecule has 0 saturated carbocycles. The van der Waals surface area contributed by atoms with Crippen LogP contribution in [0.4, 0.5) is 0 Å². The molecule has 2 rings (SSSR count). The highest BCUT2D eigenvalue weighted by Gasteiger charge is 2.47. The van der Waals surface area contributed by atoms with Gasteiger partial charge in [0.15, 0.2) is 0 Å². The first-order valence-electron chi connectivity index (χ1n) is 16.7. The Morgan fingerprint density at radius 3 is 1.19 bits per heavy atom. The minimum atomic E-state index is -2.16. The van der Waals surface area contributed by atoms with Crippen LogP contribution in [-0.2, 0) is 9.05 Å². The molecule has 0 fully saturated rings. The first-order chi connectivity index (χ1) is 18.9. The van der Waals surface area contributed by atoms with E-state index in [4.69, 9.17) is 9.05 Å². The van der Waals surface area contributed by atoms with Crippen molar-refractivity contribution in [1.82, 2.24) is 0 Å². The van der Waals surface area contributed by atoms with Gasteiger partial charge in [-0.05, 0) is 94.3 Å². The van der Waals surface area contributed by atoms with Crippen LogP contribution in [0.3, 0.4) is 0 Å². The average molecular weight is 603 g/mol.